The first-order chi connectivity index (χ1) is 6.84. The van der Waals surface area contributed by atoms with Crippen LogP contribution in [0, 0.1) is 0 Å². The Morgan fingerprint density at radius 1 is 1.43 bits per heavy atom. The largest absolute Gasteiger partial charge is 0.392 e. The predicted molar refractivity (Wildman–Crippen MR) is 53.9 cm³/mol. The lowest BCUT2D eigenvalue weighted by Crippen LogP contribution is -2.23. The lowest BCUT2D eigenvalue weighted by Gasteiger charge is -2.14. The molecule has 2 heterocycles. The minimum absolute atomic E-state index is 0.0942. The second kappa shape index (κ2) is 4.57. The Hall–Kier alpha value is -0.870. The maximum absolute atomic E-state index is 9.33. The summed E-state index contributed by atoms with van der Waals surface area (Å²) in [6.45, 7) is 4.00. The number of nitrogens with zero attached hydrogens (tertiary/aromatic N) is 3. The number of aliphatic hydroxyl groups is 1. The molecule has 0 aliphatic carbocycles. The van der Waals surface area contributed by atoms with Gasteiger partial charge in [-0.15, -0.1) is 0 Å². The Kier molecular flexibility index (Phi) is 3.16. The zero-order valence-corrected chi connectivity index (χ0v) is 8.34. The molecule has 0 unspecified atom stereocenters. The van der Waals surface area contributed by atoms with Gasteiger partial charge in [0, 0.05) is 32.0 Å². The molecule has 0 radical (unpaired) electrons. The van der Waals surface area contributed by atoms with Gasteiger partial charge in [0.1, 0.15) is 0 Å². The van der Waals surface area contributed by atoms with E-state index in [9.17, 15) is 5.11 Å². The lowest BCUT2D eigenvalue weighted by molar-refractivity contribution is 0.175. The number of aryl methyl sites for hydroxylation is 1. The van der Waals surface area contributed by atoms with Crippen molar-refractivity contribution in [2.75, 3.05) is 19.6 Å². The molecule has 14 heavy (non-hydrogen) atoms. The van der Waals surface area contributed by atoms with Crippen LogP contribution in [0.15, 0.2) is 18.7 Å². The van der Waals surface area contributed by atoms with Crippen LogP contribution in [0.25, 0.3) is 0 Å². The van der Waals surface area contributed by atoms with Crippen molar-refractivity contribution in [1.82, 2.24) is 14.5 Å². The van der Waals surface area contributed by atoms with Gasteiger partial charge in [0.15, 0.2) is 0 Å². The number of imidazole rings is 1. The highest BCUT2D eigenvalue weighted by atomic mass is 16.3. The minimum Gasteiger partial charge on any atom is -0.392 e. The Bertz CT molecular complexity index is 260. The third-order valence-corrected chi connectivity index (χ3v) is 2.70. The van der Waals surface area contributed by atoms with Gasteiger partial charge in [-0.25, -0.2) is 4.98 Å². The first kappa shape index (κ1) is 9.68. The fraction of sp³-hybridized carbons (Fsp3) is 0.700. The standard InChI is InChI=1S/C10H17N3O/c14-10-2-6-12(8-10)4-1-5-13-7-3-11-9-13/h3,7,9-10,14H,1-2,4-6,8H2/t10-/m1/s1. The number of hydrogen-bond acceptors (Lipinski definition) is 3. The van der Waals surface area contributed by atoms with E-state index in [1.807, 2.05) is 12.5 Å². The summed E-state index contributed by atoms with van der Waals surface area (Å²) >= 11 is 0. The van der Waals surface area contributed by atoms with Crippen LogP contribution in [-0.2, 0) is 6.54 Å². The van der Waals surface area contributed by atoms with Crippen LogP contribution in [0.1, 0.15) is 12.8 Å². The van der Waals surface area contributed by atoms with E-state index in [4.69, 9.17) is 0 Å². The Labute approximate surface area is 84.2 Å². The molecule has 0 amide bonds. The smallest absolute Gasteiger partial charge is 0.0945 e. The zero-order valence-electron chi connectivity index (χ0n) is 8.34. The SMILES string of the molecule is O[C@@H]1CCN(CCCn2ccnc2)C1. The molecule has 1 saturated heterocycles. The van der Waals surface area contributed by atoms with Crippen molar-refractivity contribution in [3.8, 4) is 0 Å². The first-order valence-electron chi connectivity index (χ1n) is 5.21. The van der Waals surface area contributed by atoms with Crippen LogP contribution in [0.4, 0.5) is 0 Å². The summed E-state index contributed by atoms with van der Waals surface area (Å²) < 4.78 is 2.09. The monoisotopic (exact) mass is 195 g/mol. The van der Waals surface area contributed by atoms with Crippen LogP contribution in [0.5, 0.6) is 0 Å². The molecule has 1 aliphatic heterocycles. The van der Waals surface area contributed by atoms with Gasteiger partial charge in [0.25, 0.3) is 0 Å². The van der Waals surface area contributed by atoms with Gasteiger partial charge in [0.2, 0.25) is 0 Å². The van der Waals surface area contributed by atoms with Crippen molar-refractivity contribution in [3.63, 3.8) is 0 Å². The molecule has 1 N–H and O–H groups in total. The summed E-state index contributed by atoms with van der Waals surface area (Å²) in [5.74, 6) is 0. The van der Waals surface area contributed by atoms with E-state index in [1.165, 1.54) is 0 Å². The molecule has 0 saturated carbocycles. The van der Waals surface area contributed by atoms with Crippen molar-refractivity contribution in [1.29, 1.82) is 0 Å². The van der Waals surface area contributed by atoms with Crippen molar-refractivity contribution < 1.29 is 5.11 Å². The summed E-state index contributed by atoms with van der Waals surface area (Å²) in [6.07, 6.45) is 7.61. The molecule has 0 spiro atoms. The Morgan fingerprint density at radius 2 is 2.36 bits per heavy atom. The fourth-order valence-corrected chi connectivity index (χ4v) is 1.91. The number of aromatic nitrogens is 2. The van der Waals surface area contributed by atoms with Gasteiger partial charge in [0.05, 0.1) is 12.4 Å². The van der Waals surface area contributed by atoms with E-state index < -0.39 is 0 Å². The molecule has 1 aromatic rings. The maximum atomic E-state index is 9.33. The molecule has 1 aromatic heterocycles. The molecular weight excluding hydrogens is 178 g/mol. The number of likely N-dealkylation sites (tertiary alicyclic amines) is 1. The molecule has 1 atom stereocenters. The summed E-state index contributed by atoms with van der Waals surface area (Å²) in [5.41, 5.74) is 0. The van der Waals surface area contributed by atoms with Crippen LogP contribution >= 0.6 is 0 Å². The third-order valence-electron chi connectivity index (χ3n) is 2.70. The van der Waals surface area contributed by atoms with E-state index in [1.54, 1.807) is 6.20 Å². The fourth-order valence-electron chi connectivity index (χ4n) is 1.91. The Balaban J connectivity index is 1.64. The van der Waals surface area contributed by atoms with E-state index >= 15 is 0 Å². The average Bonchev–Trinajstić information content (AvgIpc) is 2.77. The summed E-state index contributed by atoms with van der Waals surface area (Å²) in [7, 11) is 0. The van der Waals surface area contributed by atoms with Crippen molar-refractivity contribution in [3.05, 3.63) is 18.7 Å². The second-order valence-electron chi connectivity index (χ2n) is 3.90. The van der Waals surface area contributed by atoms with E-state index in [2.05, 4.69) is 14.5 Å². The van der Waals surface area contributed by atoms with Gasteiger partial charge < -0.3 is 14.6 Å². The maximum Gasteiger partial charge on any atom is 0.0945 e. The molecule has 4 heteroatoms. The van der Waals surface area contributed by atoms with Crippen LogP contribution < -0.4 is 0 Å². The predicted octanol–water partition coefficient (Wildman–Crippen LogP) is 0.340. The quantitative estimate of drug-likeness (QED) is 0.753. The molecule has 1 fully saturated rings. The van der Waals surface area contributed by atoms with Gasteiger partial charge in [-0.3, -0.25) is 0 Å². The van der Waals surface area contributed by atoms with Gasteiger partial charge in [-0.2, -0.15) is 0 Å². The molecule has 0 aromatic carbocycles. The average molecular weight is 195 g/mol. The minimum atomic E-state index is -0.0942. The van der Waals surface area contributed by atoms with Crippen molar-refractivity contribution >= 4 is 0 Å². The molecule has 0 bridgehead atoms. The first-order valence-corrected chi connectivity index (χ1v) is 5.21. The number of aliphatic hydroxyl groups excluding tert-OH is 1. The molecule has 78 valence electrons. The number of hydrogen-bond donors (Lipinski definition) is 1. The normalized spacial score (nSPS) is 23.1. The van der Waals surface area contributed by atoms with Gasteiger partial charge >= 0.3 is 0 Å². The number of β-amino-alcohol motifs (C(OH)–C–C–N with tert-alkyl or cyclic N) is 1. The molecule has 1 aliphatic rings. The summed E-state index contributed by atoms with van der Waals surface area (Å²) in [5, 5.41) is 9.33. The van der Waals surface area contributed by atoms with Crippen molar-refractivity contribution in [2.24, 2.45) is 0 Å². The van der Waals surface area contributed by atoms with Crippen LogP contribution in [0.3, 0.4) is 0 Å². The Morgan fingerprint density at radius 3 is 3.00 bits per heavy atom. The molecule has 2 rings (SSSR count). The number of rotatable bonds is 4. The highest BCUT2D eigenvalue weighted by Gasteiger charge is 2.18. The van der Waals surface area contributed by atoms with E-state index in [-0.39, 0.29) is 6.10 Å². The lowest BCUT2D eigenvalue weighted by atomic mass is 10.3. The van der Waals surface area contributed by atoms with Gasteiger partial charge in [-0.1, -0.05) is 0 Å². The summed E-state index contributed by atoms with van der Waals surface area (Å²) in [4.78, 5) is 6.32. The van der Waals surface area contributed by atoms with E-state index in [0.717, 1.165) is 39.0 Å². The zero-order chi connectivity index (χ0) is 9.80. The van der Waals surface area contributed by atoms with E-state index in [0.29, 0.717) is 0 Å². The summed E-state index contributed by atoms with van der Waals surface area (Å²) in [6, 6.07) is 0. The van der Waals surface area contributed by atoms with Crippen LogP contribution in [0.2, 0.25) is 0 Å². The highest BCUT2D eigenvalue weighted by molar-refractivity contribution is 4.76. The molecular formula is C10H17N3O. The molecule has 4 nitrogen and oxygen atoms in total. The van der Waals surface area contributed by atoms with Crippen LogP contribution in [-0.4, -0.2) is 45.3 Å². The topological polar surface area (TPSA) is 41.3 Å². The van der Waals surface area contributed by atoms with Crippen molar-refractivity contribution in [2.45, 2.75) is 25.5 Å². The highest BCUT2D eigenvalue weighted by Crippen LogP contribution is 2.08. The third kappa shape index (κ3) is 2.56. The second-order valence-corrected chi connectivity index (χ2v) is 3.90. The van der Waals surface area contributed by atoms with Gasteiger partial charge in [-0.05, 0) is 19.4 Å².